The second kappa shape index (κ2) is 8.60. The average Bonchev–Trinajstić information content (AvgIpc) is 2.38. The van der Waals surface area contributed by atoms with Gasteiger partial charge in [-0.15, -0.1) is 0 Å². The Kier molecular flexibility index (Phi) is 7.90. The standard InChI is InChI=1S/C15H28N2O5/c1-8-10(16-14(20)22-15(4,5)6)12(18)17-11(9(2)3)13(19)21-7/h9-11H,8H2,1-7H3,(H,16,20)(H,17,18). The molecule has 2 N–H and O–H groups in total. The zero-order valence-corrected chi connectivity index (χ0v) is 14.5. The van der Waals surface area contributed by atoms with Crippen molar-refractivity contribution in [3.8, 4) is 0 Å². The highest BCUT2D eigenvalue weighted by atomic mass is 16.6. The Hall–Kier alpha value is -1.79. The fourth-order valence-electron chi connectivity index (χ4n) is 1.68. The number of carbonyl (C=O) groups is 3. The molecule has 0 aromatic rings. The molecule has 0 saturated carbocycles. The Balaban J connectivity index is 4.77. The molecule has 0 rings (SSSR count). The number of esters is 1. The molecule has 7 heteroatoms. The first-order chi connectivity index (χ1) is 10.0. The smallest absolute Gasteiger partial charge is 0.408 e. The lowest BCUT2D eigenvalue weighted by Crippen LogP contribution is -2.53. The number of carbonyl (C=O) groups excluding carboxylic acids is 3. The minimum Gasteiger partial charge on any atom is -0.467 e. The van der Waals surface area contributed by atoms with Gasteiger partial charge in [0, 0.05) is 0 Å². The zero-order valence-electron chi connectivity index (χ0n) is 14.5. The van der Waals surface area contributed by atoms with Gasteiger partial charge in [-0.05, 0) is 33.1 Å². The number of rotatable bonds is 6. The van der Waals surface area contributed by atoms with Gasteiger partial charge < -0.3 is 20.1 Å². The van der Waals surface area contributed by atoms with Gasteiger partial charge in [0.1, 0.15) is 17.7 Å². The van der Waals surface area contributed by atoms with Crippen molar-refractivity contribution in [1.29, 1.82) is 0 Å². The molecule has 128 valence electrons. The van der Waals surface area contributed by atoms with E-state index in [1.54, 1.807) is 41.5 Å². The maximum Gasteiger partial charge on any atom is 0.408 e. The van der Waals surface area contributed by atoms with E-state index in [1.807, 2.05) is 0 Å². The van der Waals surface area contributed by atoms with Crippen LogP contribution in [0.1, 0.15) is 48.0 Å². The van der Waals surface area contributed by atoms with Crippen LogP contribution < -0.4 is 10.6 Å². The average molecular weight is 316 g/mol. The Morgan fingerprint density at radius 1 is 1.09 bits per heavy atom. The van der Waals surface area contributed by atoms with Crippen LogP contribution in [0.5, 0.6) is 0 Å². The van der Waals surface area contributed by atoms with E-state index in [4.69, 9.17) is 4.74 Å². The maximum absolute atomic E-state index is 12.2. The summed E-state index contributed by atoms with van der Waals surface area (Å²) in [5.41, 5.74) is -0.647. The van der Waals surface area contributed by atoms with Gasteiger partial charge in [-0.25, -0.2) is 9.59 Å². The second-order valence-corrected chi connectivity index (χ2v) is 6.36. The summed E-state index contributed by atoms with van der Waals surface area (Å²) in [5, 5.41) is 5.10. The van der Waals surface area contributed by atoms with E-state index in [-0.39, 0.29) is 5.92 Å². The number of methoxy groups -OCH3 is 1. The van der Waals surface area contributed by atoms with Crippen LogP contribution in [-0.4, -0.2) is 42.8 Å². The van der Waals surface area contributed by atoms with Gasteiger partial charge in [0.05, 0.1) is 7.11 Å². The topological polar surface area (TPSA) is 93.7 Å². The van der Waals surface area contributed by atoms with E-state index < -0.39 is 35.7 Å². The van der Waals surface area contributed by atoms with Gasteiger partial charge in [0.2, 0.25) is 5.91 Å². The second-order valence-electron chi connectivity index (χ2n) is 6.36. The number of ether oxygens (including phenoxy) is 2. The van der Waals surface area contributed by atoms with Crippen LogP contribution in [-0.2, 0) is 19.1 Å². The first kappa shape index (κ1) is 20.2. The molecule has 0 heterocycles. The predicted octanol–water partition coefficient (Wildman–Crippen LogP) is 1.60. The largest absolute Gasteiger partial charge is 0.467 e. The lowest BCUT2D eigenvalue weighted by Gasteiger charge is -2.25. The van der Waals surface area contributed by atoms with E-state index >= 15 is 0 Å². The van der Waals surface area contributed by atoms with Crippen molar-refractivity contribution in [3.63, 3.8) is 0 Å². The highest BCUT2D eigenvalue weighted by Crippen LogP contribution is 2.08. The van der Waals surface area contributed by atoms with Crippen LogP contribution in [0.25, 0.3) is 0 Å². The van der Waals surface area contributed by atoms with Gasteiger partial charge in [0.25, 0.3) is 0 Å². The Bertz CT molecular complexity index is 401. The number of hydrogen-bond acceptors (Lipinski definition) is 5. The molecule has 22 heavy (non-hydrogen) atoms. The SMILES string of the molecule is CCC(NC(=O)OC(C)(C)C)C(=O)NC(C(=O)OC)C(C)C. The van der Waals surface area contributed by atoms with Crippen molar-refractivity contribution in [2.24, 2.45) is 5.92 Å². The molecule has 0 saturated heterocycles. The van der Waals surface area contributed by atoms with Crippen molar-refractivity contribution >= 4 is 18.0 Å². The van der Waals surface area contributed by atoms with Crippen molar-refractivity contribution in [3.05, 3.63) is 0 Å². The molecule has 2 amide bonds. The first-order valence-corrected chi connectivity index (χ1v) is 7.39. The molecule has 0 aromatic heterocycles. The molecule has 0 radical (unpaired) electrons. The minimum atomic E-state index is -0.777. The summed E-state index contributed by atoms with van der Waals surface area (Å²) in [7, 11) is 1.26. The molecule has 2 unspecified atom stereocenters. The van der Waals surface area contributed by atoms with Crippen LogP contribution >= 0.6 is 0 Å². The molecule has 0 aliphatic carbocycles. The van der Waals surface area contributed by atoms with Crippen molar-refractivity contribution in [2.75, 3.05) is 7.11 Å². The van der Waals surface area contributed by atoms with Gasteiger partial charge in [-0.2, -0.15) is 0 Å². The third-order valence-corrected chi connectivity index (χ3v) is 2.84. The molecule has 7 nitrogen and oxygen atoms in total. The summed E-state index contributed by atoms with van der Waals surface area (Å²) in [6, 6.07) is -1.53. The highest BCUT2D eigenvalue weighted by molar-refractivity contribution is 5.89. The van der Waals surface area contributed by atoms with Crippen molar-refractivity contribution in [2.45, 2.75) is 65.6 Å². The minimum absolute atomic E-state index is 0.129. The number of nitrogens with one attached hydrogen (secondary N) is 2. The molecule has 0 spiro atoms. The third-order valence-electron chi connectivity index (χ3n) is 2.84. The van der Waals surface area contributed by atoms with Gasteiger partial charge in [-0.1, -0.05) is 20.8 Å². The van der Waals surface area contributed by atoms with E-state index in [2.05, 4.69) is 15.4 Å². The zero-order chi connectivity index (χ0) is 17.5. The first-order valence-electron chi connectivity index (χ1n) is 7.39. The summed E-state index contributed by atoms with van der Waals surface area (Å²) < 4.78 is 9.79. The lowest BCUT2D eigenvalue weighted by atomic mass is 10.0. The predicted molar refractivity (Wildman–Crippen MR) is 82.2 cm³/mol. The van der Waals surface area contributed by atoms with E-state index in [9.17, 15) is 14.4 Å². The van der Waals surface area contributed by atoms with Crippen LogP contribution in [0.3, 0.4) is 0 Å². The van der Waals surface area contributed by atoms with Crippen LogP contribution in [0.2, 0.25) is 0 Å². The molecule has 0 aliphatic heterocycles. The summed E-state index contributed by atoms with van der Waals surface area (Å²) in [5.74, 6) is -1.09. The monoisotopic (exact) mass is 316 g/mol. The summed E-state index contributed by atoms with van der Waals surface area (Å²) in [4.78, 5) is 35.6. The molecule has 0 bridgehead atoms. The third kappa shape index (κ3) is 7.28. The van der Waals surface area contributed by atoms with E-state index in [0.29, 0.717) is 6.42 Å². The fourth-order valence-corrected chi connectivity index (χ4v) is 1.68. The molecule has 0 aromatic carbocycles. The van der Waals surface area contributed by atoms with Crippen LogP contribution in [0, 0.1) is 5.92 Å². The molecule has 2 atom stereocenters. The van der Waals surface area contributed by atoms with Crippen molar-refractivity contribution in [1.82, 2.24) is 10.6 Å². The Morgan fingerprint density at radius 3 is 2.00 bits per heavy atom. The Morgan fingerprint density at radius 2 is 1.64 bits per heavy atom. The molecular formula is C15H28N2O5. The highest BCUT2D eigenvalue weighted by Gasteiger charge is 2.29. The molecule has 0 aliphatic rings. The summed E-state index contributed by atoms with van der Waals surface area (Å²) >= 11 is 0. The quantitative estimate of drug-likeness (QED) is 0.726. The number of alkyl carbamates (subject to hydrolysis) is 1. The fraction of sp³-hybridized carbons (Fsp3) is 0.800. The lowest BCUT2D eigenvalue weighted by molar-refractivity contribution is -0.146. The molecule has 0 fully saturated rings. The maximum atomic E-state index is 12.2. The van der Waals surface area contributed by atoms with Gasteiger partial charge >= 0.3 is 12.1 Å². The van der Waals surface area contributed by atoms with Gasteiger partial charge in [-0.3, -0.25) is 4.79 Å². The van der Waals surface area contributed by atoms with Crippen LogP contribution in [0.4, 0.5) is 4.79 Å². The Labute approximate surface area is 132 Å². The van der Waals surface area contributed by atoms with Crippen molar-refractivity contribution < 1.29 is 23.9 Å². The van der Waals surface area contributed by atoms with Crippen LogP contribution in [0.15, 0.2) is 0 Å². The number of hydrogen-bond donors (Lipinski definition) is 2. The summed E-state index contributed by atoms with van der Waals surface area (Å²) in [6.07, 6.45) is -0.300. The molecular weight excluding hydrogens is 288 g/mol. The summed E-state index contributed by atoms with van der Waals surface area (Å²) in [6.45, 7) is 10.6. The van der Waals surface area contributed by atoms with E-state index in [1.165, 1.54) is 7.11 Å². The van der Waals surface area contributed by atoms with Gasteiger partial charge in [0.15, 0.2) is 0 Å². The normalized spacial score (nSPS) is 14.0. The van der Waals surface area contributed by atoms with E-state index in [0.717, 1.165) is 0 Å². The number of amides is 2.